The Morgan fingerprint density at radius 3 is 2.90 bits per heavy atom. The first-order valence-electron chi connectivity index (χ1n) is 5.88. The molecule has 0 bridgehead atoms. The molecular weight excluding hydrogens is 276 g/mol. The van der Waals surface area contributed by atoms with E-state index in [9.17, 15) is 4.79 Å². The Hall–Kier alpha value is -2.58. The van der Waals surface area contributed by atoms with Gasteiger partial charge in [0.15, 0.2) is 0 Å². The topological polar surface area (TPSA) is 85.3 Å². The number of benzene rings is 1. The third kappa shape index (κ3) is 1.87. The van der Waals surface area contributed by atoms with Gasteiger partial charge < -0.3 is 9.97 Å². The van der Waals surface area contributed by atoms with Gasteiger partial charge >= 0.3 is 0 Å². The fourth-order valence-corrected chi connectivity index (χ4v) is 2.39. The molecule has 6 heteroatoms. The standard InChI is InChI=1S/C14H9ClN4O/c1-7-4-8(6-16)5-10-12(7)19-13(18-10)11-9(15)2-3-17-14(11)20/h2-5H,1H3,(H,17,20)(H,18,19). The number of imidazole rings is 1. The van der Waals surface area contributed by atoms with Crippen LogP contribution in [0, 0.1) is 18.3 Å². The van der Waals surface area contributed by atoms with Gasteiger partial charge in [-0.1, -0.05) is 11.6 Å². The molecule has 0 radical (unpaired) electrons. The molecule has 0 aliphatic carbocycles. The first kappa shape index (κ1) is 12.5. The number of nitrogens with zero attached hydrogens (tertiary/aromatic N) is 2. The minimum Gasteiger partial charge on any atom is -0.338 e. The van der Waals surface area contributed by atoms with Crippen LogP contribution in [0.3, 0.4) is 0 Å². The molecule has 2 N–H and O–H groups in total. The molecule has 3 rings (SSSR count). The molecule has 0 aliphatic heterocycles. The molecule has 0 saturated heterocycles. The van der Waals surface area contributed by atoms with Crippen LogP contribution in [0.25, 0.3) is 22.4 Å². The number of hydrogen-bond acceptors (Lipinski definition) is 3. The monoisotopic (exact) mass is 284 g/mol. The van der Waals surface area contributed by atoms with Crippen LogP contribution in [-0.4, -0.2) is 15.0 Å². The van der Waals surface area contributed by atoms with Crippen molar-refractivity contribution in [3.8, 4) is 17.5 Å². The molecule has 0 fully saturated rings. The summed E-state index contributed by atoms with van der Waals surface area (Å²) in [6.07, 6.45) is 1.48. The first-order valence-corrected chi connectivity index (χ1v) is 6.26. The highest BCUT2D eigenvalue weighted by atomic mass is 35.5. The molecule has 0 unspecified atom stereocenters. The quantitative estimate of drug-likeness (QED) is 0.720. The molecule has 2 aromatic heterocycles. The van der Waals surface area contributed by atoms with Gasteiger partial charge in [-0.25, -0.2) is 4.98 Å². The first-order chi connectivity index (χ1) is 9.60. The molecule has 2 heterocycles. The van der Waals surface area contributed by atoms with Gasteiger partial charge in [0.2, 0.25) is 0 Å². The summed E-state index contributed by atoms with van der Waals surface area (Å²) in [7, 11) is 0. The summed E-state index contributed by atoms with van der Waals surface area (Å²) in [6.45, 7) is 1.87. The molecule has 98 valence electrons. The summed E-state index contributed by atoms with van der Waals surface area (Å²) >= 11 is 6.06. The van der Waals surface area contributed by atoms with Crippen LogP contribution < -0.4 is 5.56 Å². The van der Waals surface area contributed by atoms with Gasteiger partial charge in [0.1, 0.15) is 11.4 Å². The summed E-state index contributed by atoms with van der Waals surface area (Å²) in [5, 5.41) is 9.30. The number of pyridine rings is 1. The van der Waals surface area contributed by atoms with Crippen molar-refractivity contribution in [2.45, 2.75) is 6.92 Å². The zero-order valence-electron chi connectivity index (χ0n) is 10.5. The number of halogens is 1. The number of fused-ring (bicyclic) bond motifs is 1. The van der Waals surface area contributed by atoms with E-state index in [4.69, 9.17) is 16.9 Å². The molecular formula is C14H9ClN4O. The lowest BCUT2D eigenvalue weighted by molar-refractivity contribution is 1.21. The molecule has 3 aromatic rings. The predicted molar refractivity (Wildman–Crippen MR) is 76.6 cm³/mol. The minimum absolute atomic E-state index is 0.295. The molecule has 0 aliphatic rings. The van der Waals surface area contributed by atoms with Crippen molar-refractivity contribution in [2.75, 3.05) is 0 Å². The number of hydrogen-bond donors (Lipinski definition) is 2. The largest absolute Gasteiger partial charge is 0.338 e. The smallest absolute Gasteiger partial charge is 0.260 e. The van der Waals surface area contributed by atoms with Crippen molar-refractivity contribution in [3.05, 3.63) is 50.9 Å². The van der Waals surface area contributed by atoms with Crippen LogP contribution in [-0.2, 0) is 0 Å². The van der Waals surface area contributed by atoms with Crippen LogP contribution in [0.15, 0.2) is 29.2 Å². The van der Waals surface area contributed by atoms with E-state index in [1.54, 1.807) is 18.2 Å². The lowest BCUT2D eigenvalue weighted by Gasteiger charge is -1.97. The van der Waals surface area contributed by atoms with E-state index in [-0.39, 0.29) is 5.56 Å². The summed E-state index contributed by atoms with van der Waals surface area (Å²) < 4.78 is 0. The van der Waals surface area contributed by atoms with Crippen molar-refractivity contribution in [2.24, 2.45) is 0 Å². The van der Waals surface area contributed by atoms with Gasteiger partial charge in [-0.2, -0.15) is 5.26 Å². The Bertz CT molecular complexity index is 917. The maximum Gasteiger partial charge on any atom is 0.260 e. The van der Waals surface area contributed by atoms with Crippen molar-refractivity contribution >= 4 is 22.6 Å². The minimum atomic E-state index is -0.310. The average Bonchev–Trinajstić information content (AvgIpc) is 2.82. The van der Waals surface area contributed by atoms with E-state index in [1.807, 2.05) is 6.92 Å². The predicted octanol–water partition coefficient (Wildman–Crippen LogP) is 2.75. The molecule has 0 atom stereocenters. The fraction of sp³-hybridized carbons (Fsp3) is 0.0714. The number of nitrogens with one attached hydrogen (secondary N) is 2. The van der Waals surface area contributed by atoms with E-state index in [1.165, 1.54) is 6.20 Å². The van der Waals surface area contributed by atoms with Crippen molar-refractivity contribution < 1.29 is 0 Å². The number of aromatic amines is 2. The van der Waals surface area contributed by atoms with Crippen LogP contribution >= 0.6 is 11.6 Å². The van der Waals surface area contributed by atoms with Crippen LogP contribution in [0.1, 0.15) is 11.1 Å². The highest BCUT2D eigenvalue weighted by Gasteiger charge is 2.14. The second-order valence-corrected chi connectivity index (χ2v) is 4.82. The zero-order valence-corrected chi connectivity index (χ0v) is 11.2. The SMILES string of the molecule is Cc1cc(C#N)cc2[nH]c(-c3c(Cl)cc[nH]c3=O)nc12. The maximum absolute atomic E-state index is 11.9. The zero-order chi connectivity index (χ0) is 14.3. The molecule has 0 amide bonds. The van der Waals surface area contributed by atoms with Crippen molar-refractivity contribution in [3.63, 3.8) is 0 Å². The Balaban J connectivity index is 2.32. The Kier molecular flexibility index (Phi) is 2.81. The second-order valence-electron chi connectivity index (χ2n) is 4.42. The third-order valence-corrected chi connectivity index (χ3v) is 3.37. The van der Waals surface area contributed by atoms with Crippen molar-refractivity contribution in [1.82, 2.24) is 15.0 Å². The molecule has 20 heavy (non-hydrogen) atoms. The van der Waals surface area contributed by atoms with Gasteiger partial charge in [-0.15, -0.1) is 0 Å². The average molecular weight is 285 g/mol. The highest BCUT2D eigenvalue weighted by molar-refractivity contribution is 6.33. The normalized spacial score (nSPS) is 10.7. The molecule has 0 spiro atoms. The number of H-pyrrole nitrogens is 2. The fourth-order valence-electron chi connectivity index (χ4n) is 2.15. The van der Waals surface area contributed by atoms with Crippen LogP contribution in [0.5, 0.6) is 0 Å². The molecule has 1 aromatic carbocycles. The van der Waals surface area contributed by atoms with E-state index >= 15 is 0 Å². The summed E-state index contributed by atoms with van der Waals surface area (Å²) in [4.78, 5) is 21.9. The van der Waals surface area contributed by atoms with Crippen LogP contribution in [0.4, 0.5) is 0 Å². The van der Waals surface area contributed by atoms with E-state index in [0.29, 0.717) is 27.5 Å². The Morgan fingerprint density at radius 1 is 1.40 bits per heavy atom. The lowest BCUT2D eigenvalue weighted by atomic mass is 10.1. The van der Waals surface area contributed by atoms with Gasteiger partial charge in [0, 0.05) is 6.20 Å². The lowest BCUT2D eigenvalue weighted by Crippen LogP contribution is -2.08. The maximum atomic E-state index is 11.9. The van der Waals surface area contributed by atoms with E-state index in [0.717, 1.165) is 11.1 Å². The highest BCUT2D eigenvalue weighted by Crippen LogP contribution is 2.25. The van der Waals surface area contributed by atoms with Gasteiger partial charge in [-0.05, 0) is 30.7 Å². The summed E-state index contributed by atoms with van der Waals surface area (Å²) in [6, 6.07) is 7.14. The Labute approximate surface area is 118 Å². The van der Waals surface area contributed by atoms with E-state index < -0.39 is 0 Å². The number of aryl methyl sites for hydroxylation is 1. The number of rotatable bonds is 1. The van der Waals surface area contributed by atoms with Crippen molar-refractivity contribution in [1.29, 1.82) is 5.26 Å². The molecule has 5 nitrogen and oxygen atoms in total. The number of nitriles is 1. The van der Waals surface area contributed by atoms with E-state index in [2.05, 4.69) is 21.0 Å². The van der Waals surface area contributed by atoms with Gasteiger partial charge in [-0.3, -0.25) is 4.79 Å². The summed E-state index contributed by atoms with van der Waals surface area (Å²) in [5.74, 6) is 0.394. The Morgan fingerprint density at radius 2 is 2.20 bits per heavy atom. The summed E-state index contributed by atoms with van der Waals surface area (Å²) in [5.41, 5.74) is 2.82. The van der Waals surface area contributed by atoms with Gasteiger partial charge in [0.25, 0.3) is 5.56 Å². The number of aromatic nitrogens is 3. The van der Waals surface area contributed by atoms with Gasteiger partial charge in [0.05, 0.1) is 27.7 Å². The van der Waals surface area contributed by atoms with Crippen LogP contribution in [0.2, 0.25) is 5.02 Å². The third-order valence-electron chi connectivity index (χ3n) is 3.05. The second kappa shape index (κ2) is 4.51. The molecule has 0 saturated carbocycles.